The van der Waals surface area contributed by atoms with Gasteiger partial charge in [0.05, 0.1) is 18.6 Å². The molecule has 2 aromatic heterocycles. The molecule has 9 nitrogen and oxygen atoms in total. The summed E-state index contributed by atoms with van der Waals surface area (Å²) >= 11 is 7.05. The number of nitrogens with zero attached hydrogens (tertiary/aromatic N) is 3. The average molecular weight is 410 g/mol. The van der Waals surface area contributed by atoms with E-state index in [9.17, 15) is 14.4 Å². The Balaban J connectivity index is 1.77. The minimum atomic E-state index is -0.472. The number of fused-ring (bicyclic) bond motifs is 1. The largest absolute Gasteiger partial charge is 0.495 e. The van der Waals surface area contributed by atoms with Gasteiger partial charge in [-0.15, -0.1) is 0 Å². The van der Waals surface area contributed by atoms with Crippen molar-refractivity contribution in [2.24, 2.45) is 14.1 Å². The van der Waals surface area contributed by atoms with Crippen molar-refractivity contribution in [3.05, 3.63) is 44.1 Å². The van der Waals surface area contributed by atoms with Gasteiger partial charge in [-0.3, -0.25) is 18.7 Å². The summed E-state index contributed by atoms with van der Waals surface area (Å²) in [6, 6.07) is 4.90. The van der Waals surface area contributed by atoms with Gasteiger partial charge in [-0.05, 0) is 18.2 Å². The van der Waals surface area contributed by atoms with Crippen molar-refractivity contribution in [2.45, 2.75) is 5.16 Å². The van der Waals surface area contributed by atoms with E-state index in [0.717, 1.165) is 16.3 Å². The molecule has 0 aliphatic heterocycles. The number of methoxy groups -OCH3 is 1. The number of rotatable bonds is 5. The molecule has 2 heterocycles. The summed E-state index contributed by atoms with van der Waals surface area (Å²) in [4.78, 5) is 43.4. The number of ether oxygens (including phenoxy) is 1. The Bertz CT molecular complexity index is 1150. The van der Waals surface area contributed by atoms with Gasteiger partial charge in [-0.2, -0.15) is 0 Å². The van der Waals surface area contributed by atoms with Crippen LogP contribution in [0.5, 0.6) is 5.75 Å². The summed E-state index contributed by atoms with van der Waals surface area (Å²) in [7, 11) is 4.41. The Hall–Kier alpha value is -2.72. The molecule has 0 bridgehead atoms. The van der Waals surface area contributed by atoms with Crippen LogP contribution in [-0.4, -0.2) is 37.9 Å². The monoisotopic (exact) mass is 409 g/mol. The number of hydrogen-bond acceptors (Lipinski definition) is 6. The predicted octanol–water partition coefficient (Wildman–Crippen LogP) is 1.35. The maximum atomic E-state index is 12.2. The number of carbonyl (C=O) groups is 1. The average Bonchev–Trinajstić information content (AvgIpc) is 3.08. The molecule has 0 saturated heterocycles. The number of carbonyl (C=O) groups excluding carboxylic acids is 1. The van der Waals surface area contributed by atoms with E-state index in [4.69, 9.17) is 16.3 Å². The predicted molar refractivity (Wildman–Crippen MR) is 104 cm³/mol. The number of imidazole rings is 1. The number of amides is 1. The van der Waals surface area contributed by atoms with Crippen LogP contribution in [-0.2, 0) is 18.9 Å². The van der Waals surface area contributed by atoms with Crippen molar-refractivity contribution in [3.63, 3.8) is 0 Å². The highest BCUT2D eigenvalue weighted by Gasteiger charge is 2.15. The number of halogens is 1. The van der Waals surface area contributed by atoms with Gasteiger partial charge in [0, 0.05) is 19.1 Å². The highest BCUT2D eigenvalue weighted by molar-refractivity contribution is 7.99. The first-order valence-corrected chi connectivity index (χ1v) is 9.10. The fraction of sp³-hybridized carbons (Fsp3) is 0.250. The van der Waals surface area contributed by atoms with E-state index in [1.54, 1.807) is 18.2 Å². The van der Waals surface area contributed by atoms with Crippen LogP contribution in [0.15, 0.2) is 32.9 Å². The molecule has 0 atom stereocenters. The number of benzene rings is 1. The van der Waals surface area contributed by atoms with Gasteiger partial charge >= 0.3 is 5.69 Å². The van der Waals surface area contributed by atoms with Gasteiger partial charge in [0.2, 0.25) is 5.91 Å². The first kappa shape index (κ1) is 19.1. The summed E-state index contributed by atoms with van der Waals surface area (Å²) < 4.78 is 7.45. The quantitative estimate of drug-likeness (QED) is 0.615. The molecule has 2 N–H and O–H groups in total. The molecule has 11 heteroatoms. The lowest BCUT2D eigenvalue weighted by Gasteiger charge is -2.10. The minimum absolute atomic E-state index is 0.0315. The van der Waals surface area contributed by atoms with Crippen LogP contribution in [0.4, 0.5) is 5.69 Å². The Morgan fingerprint density at radius 1 is 1.33 bits per heavy atom. The molecule has 27 heavy (non-hydrogen) atoms. The molecule has 1 aromatic carbocycles. The van der Waals surface area contributed by atoms with Crippen molar-refractivity contribution < 1.29 is 9.53 Å². The summed E-state index contributed by atoms with van der Waals surface area (Å²) in [5.41, 5.74) is -0.0417. The molecule has 0 saturated carbocycles. The molecule has 1 amide bonds. The van der Waals surface area contributed by atoms with Crippen LogP contribution in [0.1, 0.15) is 0 Å². The van der Waals surface area contributed by atoms with E-state index in [-0.39, 0.29) is 22.8 Å². The van der Waals surface area contributed by atoms with Crippen LogP contribution in [0.3, 0.4) is 0 Å². The second-order valence-corrected chi connectivity index (χ2v) is 7.03. The zero-order valence-corrected chi connectivity index (χ0v) is 16.3. The first-order valence-electron chi connectivity index (χ1n) is 7.73. The second kappa shape index (κ2) is 7.49. The Kier molecular flexibility index (Phi) is 5.29. The first-order chi connectivity index (χ1) is 12.8. The Morgan fingerprint density at radius 3 is 2.78 bits per heavy atom. The maximum Gasteiger partial charge on any atom is 0.332 e. The van der Waals surface area contributed by atoms with Crippen molar-refractivity contribution in [1.82, 2.24) is 19.1 Å². The van der Waals surface area contributed by atoms with Gasteiger partial charge in [0.15, 0.2) is 16.3 Å². The topological polar surface area (TPSA) is 111 Å². The lowest BCUT2D eigenvalue weighted by atomic mass is 10.3. The third kappa shape index (κ3) is 3.71. The lowest BCUT2D eigenvalue weighted by Crippen LogP contribution is -2.36. The molecular weight excluding hydrogens is 394 g/mol. The van der Waals surface area contributed by atoms with Gasteiger partial charge in [0.1, 0.15) is 5.75 Å². The molecule has 0 spiro atoms. The SMILES string of the molecule is COc1ccc(Cl)cc1NC(=O)CSc1nc2c([nH]1)c(=O)n(C)c(=O)n2C. The number of hydrogen-bond donors (Lipinski definition) is 2. The van der Waals surface area contributed by atoms with Crippen molar-refractivity contribution in [3.8, 4) is 5.75 Å². The Labute approximate surface area is 162 Å². The zero-order chi connectivity index (χ0) is 19.7. The van der Waals surface area contributed by atoms with Crippen LogP contribution >= 0.6 is 23.4 Å². The highest BCUT2D eigenvalue weighted by Crippen LogP contribution is 2.28. The number of nitrogens with one attached hydrogen (secondary N) is 2. The summed E-state index contributed by atoms with van der Waals surface area (Å²) in [5, 5.41) is 3.54. The lowest BCUT2D eigenvalue weighted by molar-refractivity contribution is -0.113. The minimum Gasteiger partial charge on any atom is -0.495 e. The number of anilines is 1. The summed E-state index contributed by atoms with van der Waals surface area (Å²) in [5.74, 6) is 0.215. The number of aromatic nitrogens is 4. The maximum absolute atomic E-state index is 12.2. The van der Waals surface area contributed by atoms with Gasteiger partial charge in [-0.1, -0.05) is 23.4 Å². The molecule has 3 rings (SSSR count). The number of aryl methyl sites for hydroxylation is 1. The third-order valence-corrected chi connectivity index (χ3v) is 4.96. The van der Waals surface area contributed by atoms with Gasteiger partial charge in [-0.25, -0.2) is 9.78 Å². The third-order valence-electron chi connectivity index (χ3n) is 3.85. The Morgan fingerprint density at radius 2 is 2.07 bits per heavy atom. The van der Waals surface area contributed by atoms with E-state index in [0.29, 0.717) is 21.6 Å². The summed E-state index contributed by atoms with van der Waals surface area (Å²) in [6.45, 7) is 0. The van der Waals surface area contributed by atoms with Gasteiger partial charge < -0.3 is 15.0 Å². The smallest absolute Gasteiger partial charge is 0.332 e. The van der Waals surface area contributed by atoms with Crippen molar-refractivity contribution >= 4 is 46.1 Å². The molecule has 142 valence electrons. The standard InChI is InChI=1S/C16H16ClN5O4S/c1-21-13-12(14(24)22(2)16(21)25)19-15(20-13)27-7-11(23)18-9-6-8(17)4-5-10(9)26-3/h4-6H,7H2,1-3H3,(H,18,23)(H,19,20). The highest BCUT2D eigenvalue weighted by atomic mass is 35.5. The van der Waals surface area contributed by atoms with E-state index in [1.807, 2.05) is 0 Å². The fourth-order valence-electron chi connectivity index (χ4n) is 2.47. The van der Waals surface area contributed by atoms with Crippen molar-refractivity contribution in [2.75, 3.05) is 18.2 Å². The van der Waals surface area contributed by atoms with E-state index in [1.165, 1.54) is 25.8 Å². The molecule has 0 fully saturated rings. The molecule has 0 aliphatic rings. The van der Waals surface area contributed by atoms with Crippen LogP contribution in [0, 0.1) is 0 Å². The van der Waals surface area contributed by atoms with Crippen LogP contribution < -0.4 is 21.3 Å². The molecule has 0 unspecified atom stereocenters. The van der Waals surface area contributed by atoms with Gasteiger partial charge in [0.25, 0.3) is 5.56 Å². The molecule has 0 aliphatic carbocycles. The van der Waals surface area contributed by atoms with E-state index < -0.39 is 11.2 Å². The molecule has 3 aromatic rings. The van der Waals surface area contributed by atoms with Crippen LogP contribution in [0.2, 0.25) is 5.02 Å². The number of H-pyrrole nitrogens is 1. The van der Waals surface area contributed by atoms with Crippen molar-refractivity contribution in [1.29, 1.82) is 0 Å². The number of aromatic amines is 1. The zero-order valence-electron chi connectivity index (χ0n) is 14.7. The fourth-order valence-corrected chi connectivity index (χ4v) is 3.31. The summed E-state index contributed by atoms with van der Waals surface area (Å²) in [6.07, 6.45) is 0. The van der Waals surface area contributed by atoms with E-state index in [2.05, 4.69) is 15.3 Å². The molecular formula is C16H16ClN5O4S. The second-order valence-electron chi connectivity index (χ2n) is 5.63. The normalized spacial score (nSPS) is 11.0. The molecule has 0 radical (unpaired) electrons. The van der Waals surface area contributed by atoms with Crippen LogP contribution in [0.25, 0.3) is 11.2 Å². The van der Waals surface area contributed by atoms with E-state index >= 15 is 0 Å². The number of thioether (sulfide) groups is 1.